The Morgan fingerprint density at radius 1 is 1.47 bits per heavy atom. The molecule has 5 heteroatoms. The maximum atomic E-state index is 13.3. The molecule has 0 aliphatic carbocycles. The molecule has 1 amide bonds. The first-order chi connectivity index (χ1) is 8.08. The van der Waals surface area contributed by atoms with Gasteiger partial charge in [0.05, 0.1) is 11.7 Å². The van der Waals surface area contributed by atoms with Gasteiger partial charge in [0.1, 0.15) is 11.6 Å². The predicted molar refractivity (Wildman–Crippen MR) is 60.6 cm³/mol. The Kier molecular flexibility index (Phi) is 3.38. The summed E-state index contributed by atoms with van der Waals surface area (Å²) in [6.45, 7) is 0.865. The third kappa shape index (κ3) is 2.61. The van der Waals surface area contributed by atoms with Gasteiger partial charge in [0.15, 0.2) is 0 Å². The molecule has 17 heavy (non-hydrogen) atoms. The third-order valence-corrected chi connectivity index (χ3v) is 3.01. The molecule has 1 unspecified atom stereocenters. The summed E-state index contributed by atoms with van der Waals surface area (Å²) in [5.74, 6) is -1.65. The Morgan fingerprint density at radius 3 is 2.82 bits per heavy atom. The van der Waals surface area contributed by atoms with E-state index >= 15 is 0 Å². The third-order valence-electron chi connectivity index (χ3n) is 3.01. The van der Waals surface area contributed by atoms with Crippen LogP contribution in [0.1, 0.15) is 12.8 Å². The van der Waals surface area contributed by atoms with Crippen molar-refractivity contribution >= 4 is 11.6 Å². The van der Waals surface area contributed by atoms with Gasteiger partial charge in [-0.1, -0.05) is 0 Å². The van der Waals surface area contributed by atoms with Crippen LogP contribution in [-0.2, 0) is 4.79 Å². The second kappa shape index (κ2) is 4.79. The van der Waals surface area contributed by atoms with Crippen molar-refractivity contribution in [2.45, 2.75) is 18.9 Å². The molecule has 1 fully saturated rings. The largest absolute Gasteiger partial charge is 0.322 e. The first kappa shape index (κ1) is 12.0. The Bertz CT molecular complexity index is 437. The SMILES string of the molecule is CN1CCCC1C(=O)Nc1ccc(F)cc1F. The van der Waals surface area contributed by atoms with Crippen LogP contribution in [0.4, 0.5) is 14.5 Å². The molecule has 2 rings (SSSR count). The monoisotopic (exact) mass is 240 g/mol. The van der Waals surface area contributed by atoms with Gasteiger partial charge in [-0.05, 0) is 38.6 Å². The summed E-state index contributed by atoms with van der Waals surface area (Å²) in [5, 5.41) is 2.49. The number of benzene rings is 1. The minimum atomic E-state index is -0.751. The number of likely N-dealkylation sites (N-methyl/N-ethyl adjacent to an activating group) is 1. The van der Waals surface area contributed by atoms with E-state index in [2.05, 4.69) is 5.32 Å². The highest BCUT2D eigenvalue weighted by molar-refractivity contribution is 5.95. The normalized spacial score (nSPS) is 20.5. The lowest BCUT2D eigenvalue weighted by atomic mass is 10.2. The van der Waals surface area contributed by atoms with Gasteiger partial charge in [-0.3, -0.25) is 9.69 Å². The molecule has 0 spiro atoms. The van der Waals surface area contributed by atoms with Crippen LogP contribution in [-0.4, -0.2) is 30.4 Å². The van der Waals surface area contributed by atoms with Crippen molar-refractivity contribution in [3.63, 3.8) is 0 Å². The molecule has 3 nitrogen and oxygen atoms in total. The lowest BCUT2D eigenvalue weighted by Gasteiger charge is -2.18. The van der Waals surface area contributed by atoms with Crippen molar-refractivity contribution in [2.75, 3.05) is 18.9 Å². The smallest absolute Gasteiger partial charge is 0.241 e. The van der Waals surface area contributed by atoms with Crippen LogP contribution in [0, 0.1) is 11.6 Å². The van der Waals surface area contributed by atoms with E-state index in [1.54, 1.807) is 0 Å². The minimum Gasteiger partial charge on any atom is -0.322 e. The molecule has 1 atom stereocenters. The number of nitrogens with zero attached hydrogens (tertiary/aromatic N) is 1. The molecule has 1 saturated heterocycles. The first-order valence-corrected chi connectivity index (χ1v) is 5.54. The average Bonchev–Trinajstić information content (AvgIpc) is 2.68. The summed E-state index contributed by atoms with van der Waals surface area (Å²) in [4.78, 5) is 13.8. The Balaban J connectivity index is 2.07. The van der Waals surface area contributed by atoms with Gasteiger partial charge < -0.3 is 5.32 Å². The number of hydrogen-bond acceptors (Lipinski definition) is 2. The maximum Gasteiger partial charge on any atom is 0.241 e. The Labute approximate surface area is 98.4 Å². The number of anilines is 1. The van der Waals surface area contributed by atoms with E-state index in [1.807, 2.05) is 11.9 Å². The lowest BCUT2D eigenvalue weighted by molar-refractivity contribution is -0.119. The number of hydrogen-bond donors (Lipinski definition) is 1. The Hall–Kier alpha value is -1.49. The number of likely N-dealkylation sites (tertiary alicyclic amines) is 1. The second-order valence-corrected chi connectivity index (χ2v) is 4.25. The summed E-state index contributed by atoms with van der Waals surface area (Å²) in [6.07, 6.45) is 1.73. The molecular formula is C12H14F2N2O. The van der Waals surface area contributed by atoms with Gasteiger partial charge in [-0.2, -0.15) is 0 Å². The fraction of sp³-hybridized carbons (Fsp3) is 0.417. The fourth-order valence-electron chi connectivity index (χ4n) is 2.05. The molecule has 92 valence electrons. The fourth-order valence-corrected chi connectivity index (χ4v) is 2.05. The first-order valence-electron chi connectivity index (χ1n) is 5.54. The predicted octanol–water partition coefficient (Wildman–Crippen LogP) is 2.00. The maximum absolute atomic E-state index is 13.3. The highest BCUT2D eigenvalue weighted by atomic mass is 19.1. The highest BCUT2D eigenvalue weighted by Crippen LogP contribution is 2.19. The van der Waals surface area contributed by atoms with E-state index in [-0.39, 0.29) is 17.6 Å². The number of rotatable bonds is 2. The zero-order valence-electron chi connectivity index (χ0n) is 9.54. The number of carbonyl (C=O) groups is 1. The van der Waals surface area contributed by atoms with Crippen LogP contribution in [0.15, 0.2) is 18.2 Å². The molecule has 1 aliphatic heterocycles. The summed E-state index contributed by atoms with van der Waals surface area (Å²) in [7, 11) is 1.86. The molecule has 0 aromatic heterocycles. The van der Waals surface area contributed by atoms with Gasteiger partial charge in [0, 0.05) is 6.07 Å². The zero-order chi connectivity index (χ0) is 12.4. The summed E-state index contributed by atoms with van der Waals surface area (Å²) in [5.41, 5.74) is 0.0247. The summed E-state index contributed by atoms with van der Waals surface area (Å²) < 4.78 is 26.0. The van der Waals surface area contributed by atoms with Crippen LogP contribution < -0.4 is 5.32 Å². The molecule has 1 aliphatic rings. The van der Waals surface area contributed by atoms with Crippen LogP contribution in [0.2, 0.25) is 0 Å². The van der Waals surface area contributed by atoms with Crippen LogP contribution in [0.5, 0.6) is 0 Å². The van der Waals surface area contributed by atoms with E-state index in [1.165, 1.54) is 6.07 Å². The van der Waals surface area contributed by atoms with E-state index in [4.69, 9.17) is 0 Å². The average molecular weight is 240 g/mol. The molecule has 0 bridgehead atoms. The van der Waals surface area contributed by atoms with Crippen molar-refractivity contribution in [1.82, 2.24) is 4.90 Å². The van der Waals surface area contributed by atoms with E-state index < -0.39 is 11.6 Å². The van der Waals surface area contributed by atoms with Crippen molar-refractivity contribution in [1.29, 1.82) is 0 Å². The molecule has 1 N–H and O–H groups in total. The number of nitrogens with one attached hydrogen (secondary N) is 1. The minimum absolute atomic E-state index is 0.0247. The molecule has 1 aromatic carbocycles. The summed E-state index contributed by atoms with van der Waals surface area (Å²) in [6, 6.07) is 2.89. The highest BCUT2D eigenvalue weighted by Gasteiger charge is 2.28. The number of carbonyl (C=O) groups excluding carboxylic acids is 1. The van der Waals surface area contributed by atoms with E-state index in [0.717, 1.165) is 31.5 Å². The van der Waals surface area contributed by atoms with Crippen molar-refractivity contribution < 1.29 is 13.6 Å². The molecule has 1 aromatic rings. The molecule has 0 radical (unpaired) electrons. The van der Waals surface area contributed by atoms with Gasteiger partial charge in [0.2, 0.25) is 5.91 Å². The van der Waals surface area contributed by atoms with Crippen LogP contribution in [0.3, 0.4) is 0 Å². The lowest BCUT2D eigenvalue weighted by Crippen LogP contribution is -2.37. The number of amides is 1. The van der Waals surface area contributed by atoms with Crippen molar-refractivity contribution in [2.24, 2.45) is 0 Å². The molecular weight excluding hydrogens is 226 g/mol. The number of halogens is 2. The summed E-state index contributed by atoms with van der Waals surface area (Å²) >= 11 is 0. The molecule has 0 saturated carbocycles. The standard InChI is InChI=1S/C12H14F2N2O/c1-16-6-2-3-11(16)12(17)15-10-5-4-8(13)7-9(10)14/h4-5,7,11H,2-3,6H2,1H3,(H,15,17). The van der Waals surface area contributed by atoms with Crippen LogP contribution >= 0.6 is 0 Å². The molecule has 1 heterocycles. The zero-order valence-corrected chi connectivity index (χ0v) is 9.54. The van der Waals surface area contributed by atoms with Crippen LogP contribution in [0.25, 0.3) is 0 Å². The topological polar surface area (TPSA) is 32.3 Å². The Morgan fingerprint density at radius 2 is 2.24 bits per heavy atom. The van der Waals surface area contributed by atoms with Gasteiger partial charge >= 0.3 is 0 Å². The van der Waals surface area contributed by atoms with Crippen molar-refractivity contribution in [3.05, 3.63) is 29.8 Å². The van der Waals surface area contributed by atoms with Crippen molar-refractivity contribution in [3.8, 4) is 0 Å². The van der Waals surface area contributed by atoms with Gasteiger partial charge in [-0.15, -0.1) is 0 Å². The quantitative estimate of drug-likeness (QED) is 0.857. The second-order valence-electron chi connectivity index (χ2n) is 4.25. The van der Waals surface area contributed by atoms with E-state index in [0.29, 0.717) is 0 Å². The van der Waals surface area contributed by atoms with Gasteiger partial charge in [-0.25, -0.2) is 8.78 Å². The van der Waals surface area contributed by atoms with Gasteiger partial charge in [0.25, 0.3) is 0 Å². The van der Waals surface area contributed by atoms with E-state index in [9.17, 15) is 13.6 Å².